The first-order valence-electron chi connectivity index (χ1n) is 6.32. The van der Waals surface area contributed by atoms with E-state index in [9.17, 15) is 13.2 Å². The van der Waals surface area contributed by atoms with Gasteiger partial charge in [0, 0.05) is 48.0 Å². The Hall–Kier alpha value is -1.38. The van der Waals surface area contributed by atoms with Crippen LogP contribution in [-0.4, -0.2) is 3.97 Å². The maximum Gasteiger partial charge on any atom is 0.204 e. The second kappa shape index (κ2) is 6.85. The van der Waals surface area contributed by atoms with Gasteiger partial charge in [-0.05, 0) is 34.1 Å². The van der Waals surface area contributed by atoms with E-state index in [1.54, 1.807) is 18.3 Å². The first-order chi connectivity index (χ1) is 11.5. The molecule has 0 bridgehead atoms. The van der Waals surface area contributed by atoms with E-state index >= 15 is 0 Å². The molecule has 0 fully saturated rings. The molecule has 3 nitrogen and oxygen atoms in total. The molecule has 2 aromatic carbocycles. The highest BCUT2D eigenvalue weighted by Gasteiger charge is 2.23. The molecule has 0 unspecified atom stereocenters. The van der Waals surface area contributed by atoms with Gasteiger partial charge in [0.25, 0.3) is 0 Å². The SMILES string of the molecule is N#Cc1cc(Oc2c(F)c(F)c3c(ccn3SI)c2Br)ccc1F. The Kier molecular flexibility index (Phi) is 4.98. The van der Waals surface area contributed by atoms with Gasteiger partial charge < -0.3 is 4.74 Å². The van der Waals surface area contributed by atoms with Gasteiger partial charge in [-0.25, -0.2) is 8.78 Å². The molecule has 3 aromatic rings. The molecular formula is C15H5BrF3IN2OS. The fraction of sp³-hybridized carbons (Fsp3) is 0. The van der Waals surface area contributed by atoms with Crippen LogP contribution in [0.2, 0.25) is 0 Å². The minimum absolute atomic E-state index is 0.0222. The van der Waals surface area contributed by atoms with Crippen LogP contribution in [0, 0.1) is 28.8 Å². The van der Waals surface area contributed by atoms with Crippen LogP contribution in [0.5, 0.6) is 11.5 Å². The average Bonchev–Trinajstić information content (AvgIpc) is 3.02. The Morgan fingerprint density at radius 2 is 1.96 bits per heavy atom. The first-order valence-corrected chi connectivity index (χ1v) is 10.4. The van der Waals surface area contributed by atoms with E-state index in [2.05, 4.69) is 15.9 Å². The summed E-state index contributed by atoms with van der Waals surface area (Å²) in [6.45, 7) is 0. The van der Waals surface area contributed by atoms with Crippen LogP contribution in [-0.2, 0) is 0 Å². The van der Waals surface area contributed by atoms with Crippen molar-refractivity contribution in [3.05, 3.63) is 58.0 Å². The Morgan fingerprint density at radius 1 is 1.21 bits per heavy atom. The quantitative estimate of drug-likeness (QED) is 0.297. The molecule has 0 N–H and O–H groups in total. The largest absolute Gasteiger partial charge is 0.453 e. The van der Waals surface area contributed by atoms with Gasteiger partial charge in [0.1, 0.15) is 23.2 Å². The molecule has 0 spiro atoms. The Labute approximate surface area is 159 Å². The lowest BCUT2D eigenvalue weighted by atomic mass is 10.2. The van der Waals surface area contributed by atoms with Crippen LogP contribution in [0.25, 0.3) is 10.9 Å². The number of hydrogen-bond donors (Lipinski definition) is 0. The third-order valence-corrected chi connectivity index (χ3v) is 5.75. The summed E-state index contributed by atoms with van der Waals surface area (Å²) in [6, 6.07) is 6.66. The summed E-state index contributed by atoms with van der Waals surface area (Å²) in [4.78, 5) is 0. The minimum atomic E-state index is -1.18. The normalized spacial score (nSPS) is 10.8. The van der Waals surface area contributed by atoms with Crippen molar-refractivity contribution in [3.63, 3.8) is 0 Å². The summed E-state index contributed by atoms with van der Waals surface area (Å²) in [7, 11) is 1.19. The first kappa shape index (κ1) is 17.4. The van der Waals surface area contributed by atoms with Crippen molar-refractivity contribution in [1.29, 1.82) is 5.26 Å². The lowest BCUT2D eigenvalue weighted by Gasteiger charge is -2.12. The van der Waals surface area contributed by atoms with Crippen molar-refractivity contribution in [2.45, 2.75) is 0 Å². The van der Waals surface area contributed by atoms with Crippen LogP contribution in [0.4, 0.5) is 13.2 Å². The molecule has 0 atom stereocenters. The van der Waals surface area contributed by atoms with Gasteiger partial charge in [0.15, 0.2) is 11.6 Å². The zero-order valence-electron chi connectivity index (χ0n) is 11.5. The predicted octanol–water partition coefficient (Wildman–Crippen LogP) is 6.33. The van der Waals surface area contributed by atoms with E-state index in [1.165, 1.54) is 19.2 Å². The van der Waals surface area contributed by atoms with Crippen LogP contribution >= 0.6 is 46.3 Å². The standard InChI is InChI=1S/C15H5BrF3IN2OS/c16-11-9-3-4-22(24-20)14(9)12(18)13(19)15(11)23-8-1-2-10(17)7(5-8)6-21/h1-5H. The van der Waals surface area contributed by atoms with Crippen molar-refractivity contribution in [2.75, 3.05) is 0 Å². The van der Waals surface area contributed by atoms with E-state index < -0.39 is 17.5 Å². The van der Waals surface area contributed by atoms with Crippen LogP contribution in [0.15, 0.2) is 34.9 Å². The molecule has 3 rings (SSSR count). The number of fused-ring (bicyclic) bond motifs is 1. The van der Waals surface area contributed by atoms with Gasteiger partial charge in [-0.15, -0.1) is 0 Å². The number of aromatic nitrogens is 1. The molecule has 0 amide bonds. The molecule has 9 heteroatoms. The fourth-order valence-corrected chi connectivity index (χ4v) is 4.06. The number of hydrogen-bond acceptors (Lipinski definition) is 3. The van der Waals surface area contributed by atoms with Gasteiger partial charge >= 0.3 is 0 Å². The number of nitrogens with zero attached hydrogens (tertiary/aromatic N) is 2. The smallest absolute Gasteiger partial charge is 0.204 e. The molecule has 122 valence electrons. The second-order valence-electron chi connectivity index (χ2n) is 4.60. The van der Waals surface area contributed by atoms with Crippen molar-refractivity contribution in [2.24, 2.45) is 0 Å². The van der Waals surface area contributed by atoms with Gasteiger partial charge in [0.2, 0.25) is 5.82 Å². The molecule has 1 heterocycles. The number of rotatable bonds is 3. The molecule has 0 aliphatic rings. The van der Waals surface area contributed by atoms with Gasteiger partial charge in [-0.2, -0.15) is 9.65 Å². The number of benzene rings is 2. The summed E-state index contributed by atoms with van der Waals surface area (Å²) < 4.78 is 49.3. The third-order valence-electron chi connectivity index (χ3n) is 3.24. The average molecular weight is 525 g/mol. The van der Waals surface area contributed by atoms with E-state index in [4.69, 9.17) is 10.00 Å². The van der Waals surface area contributed by atoms with Gasteiger partial charge in [0.05, 0.1) is 10.0 Å². The lowest BCUT2D eigenvalue weighted by Crippen LogP contribution is -1.97. The Morgan fingerprint density at radius 3 is 2.62 bits per heavy atom. The Balaban J connectivity index is 2.15. The van der Waals surface area contributed by atoms with Crippen LogP contribution in [0.3, 0.4) is 0 Å². The van der Waals surface area contributed by atoms with E-state index in [0.717, 1.165) is 12.1 Å². The second-order valence-corrected chi connectivity index (χ2v) is 7.11. The van der Waals surface area contributed by atoms with E-state index in [1.807, 2.05) is 21.2 Å². The zero-order chi connectivity index (χ0) is 17.4. The van der Waals surface area contributed by atoms with Crippen LogP contribution in [0.1, 0.15) is 5.56 Å². The van der Waals surface area contributed by atoms with Crippen molar-refractivity contribution < 1.29 is 17.9 Å². The molecule has 24 heavy (non-hydrogen) atoms. The van der Waals surface area contributed by atoms with Crippen molar-refractivity contribution in [1.82, 2.24) is 3.97 Å². The molecule has 0 aliphatic heterocycles. The molecule has 1 aromatic heterocycles. The van der Waals surface area contributed by atoms with E-state index in [-0.39, 0.29) is 27.1 Å². The van der Waals surface area contributed by atoms with Crippen molar-refractivity contribution in [3.8, 4) is 17.6 Å². The topological polar surface area (TPSA) is 37.9 Å². The summed E-state index contributed by atoms with van der Waals surface area (Å²) in [6.07, 6.45) is 1.60. The number of ether oxygens (including phenoxy) is 1. The maximum atomic E-state index is 14.4. The molecule has 0 radical (unpaired) electrons. The monoisotopic (exact) mass is 524 g/mol. The number of nitriles is 1. The minimum Gasteiger partial charge on any atom is -0.453 e. The zero-order valence-corrected chi connectivity index (χ0v) is 16.0. The number of halogens is 5. The lowest BCUT2D eigenvalue weighted by molar-refractivity contribution is 0.416. The fourth-order valence-electron chi connectivity index (χ4n) is 2.15. The maximum absolute atomic E-state index is 14.4. The van der Waals surface area contributed by atoms with E-state index in [0.29, 0.717) is 5.39 Å². The summed E-state index contributed by atoms with van der Waals surface area (Å²) in [5.41, 5.74) is -0.166. The highest BCUT2D eigenvalue weighted by Crippen LogP contribution is 2.42. The third kappa shape index (κ3) is 2.87. The molecule has 0 aliphatic carbocycles. The highest BCUT2D eigenvalue weighted by atomic mass is 127. The molecule has 0 saturated heterocycles. The van der Waals surface area contributed by atoms with Gasteiger partial charge in [-0.1, -0.05) is 0 Å². The Bertz CT molecular complexity index is 1000. The predicted molar refractivity (Wildman–Crippen MR) is 97.8 cm³/mol. The molecule has 0 saturated carbocycles. The van der Waals surface area contributed by atoms with Crippen LogP contribution < -0.4 is 4.74 Å². The van der Waals surface area contributed by atoms with Gasteiger partial charge in [-0.3, -0.25) is 3.97 Å². The molecular weight excluding hydrogens is 520 g/mol. The summed E-state index contributed by atoms with van der Waals surface area (Å²) >= 11 is 5.18. The summed E-state index contributed by atoms with van der Waals surface area (Å²) in [5, 5.41) is 9.27. The highest BCUT2D eigenvalue weighted by molar-refractivity contribution is 14.2. The summed E-state index contributed by atoms with van der Waals surface area (Å²) in [5.74, 6) is -3.30. The van der Waals surface area contributed by atoms with Crippen molar-refractivity contribution >= 4 is 57.2 Å².